The molecule has 0 aliphatic heterocycles. The lowest BCUT2D eigenvalue weighted by molar-refractivity contribution is 0.310. The van der Waals surface area contributed by atoms with Crippen molar-refractivity contribution in [3.05, 3.63) is 76.1 Å². The predicted molar refractivity (Wildman–Crippen MR) is 83.9 cm³/mol. The van der Waals surface area contributed by atoms with Crippen molar-refractivity contribution in [1.29, 1.82) is 0 Å². The van der Waals surface area contributed by atoms with Gasteiger partial charge in [-0.25, -0.2) is 9.37 Å². The maximum atomic E-state index is 12.9. The van der Waals surface area contributed by atoms with E-state index in [4.69, 9.17) is 0 Å². The van der Waals surface area contributed by atoms with Crippen LogP contribution in [0.5, 0.6) is 0 Å². The van der Waals surface area contributed by atoms with E-state index in [1.165, 1.54) is 12.1 Å². The number of para-hydroxylation sites is 1. The van der Waals surface area contributed by atoms with E-state index in [0.717, 1.165) is 5.56 Å². The third-order valence-corrected chi connectivity index (χ3v) is 3.45. The summed E-state index contributed by atoms with van der Waals surface area (Å²) in [4.78, 5) is 21.3. The van der Waals surface area contributed by atoms with Gasteiger partial charge in [-0.05, 0) is 36.9 Å². The van der Waals surface area contributed by atoms with Crippen molar-refractivity contribution in [2.45, 2.75) is 13.1 Å². The summed E-state index contributed by atoms with van der Waals surface area (Å²) >= 11 is 0. The molecule has 22 heavy (non-hydrogen) atoms. The topological polar surface area (TPSA) is 49.0 Å². The minimum Gasteiger partial charge on any atom is -0.309 e. The number of fused-ring (bicyclic) bond motifs is 1. The van der Waals surface area contributed by atoms with Gasteiger partial charge in [0.25, 0.3) is 5.56 Å². The summed E-state index contributed by atoms with van der Waals surface area (Å²) in [6.07, 6.45) is 0. The second-order valence-corrected chi connectivity index (χ2v) is 5.33. The monoisotopic (exact) mass is 297 g/mol. The van der Waals surface area contributed by atoms with Gasteiger partial charge in [0.15, 0.2) is 0 Å². The number of benzene rings is 2. The third-order valence-electron chi connectivity index (χ3n) is 3.45. The van der Waals surface area contributed by atoms with Crippen LogP contribution in [0.4, 0.5) is 4.39 Å². The normalized spacial score (nSPS) is 11.2. The first-order valence-corrected chi connectivity index (χ1v) is 7.03. The van der Waals surface area contributed by atoms with Gasteiger partial charge in [-0.15, -0.1) is 0 Å². The Labute approximate surface area is 127 Å². The van der Waals surface area contributed by atoms with Gasteiger partial charge in [-0.3, -0.25) is 9.69 Å². The van der Waals surface area contributed by atoms with E-state index in [1.54, 1.807) is 18.2 Å². The summed E-state index contributed by atoms with van der Waals surface area (Å²) in [6, 6.07) is 13.7. The summed E-state index contributed by atoms with van der Waals surface area (Å²) in [5.74, 6) is 0.375. The fourth-order valence-electron chi connectivity index (χ4n) is 2.42. The van der Waals surface area contributed by atoms with Crippen LogP contribution in [0.3, 0.4) is 0 Å². The summed E-state index contributed by atoms with van der Waals surface area (Å²) in [5.41, 5.74) is 1.57. The van der Waals surface area contributed by atoms with Crippen LogP contribution in [0.1, 0.15) is 11.4 Å². The highest BCUT2D eigenvalue weighted by Gasteiger charge is 2.07. The number of aromatic amines is 1. The van der Waals surface area contributed by atoms with E-state index in [-0.39, 0.29) is 11.4 Å². The SMILES string of the molecule is CN(Cc1ccc(F)cc1)Cc1nc2ccccc2c(=O)[nH]1. The summed E-state index contributed by atoms with van der Waals surface area (Å²) in [6.45, 7) is 1.16. The minimum atomic E-state index is -0.244. The zero-order chi connectivity index (χ0) is 15.5. The predicted octanol–water partition coefficient (Wildman–Crippen LogP) is 2.69. The van der Waals surface area contributed by atoms with Crippen molar-refractivity contribution in [2.75, 3.05) is 7.05 Å². The molecule has 3 aromatic rings. The molecule has 1 N–H and O–H groups in total. The van der Waals surface area contributed by atoms with Gasteiger partial charge >= 0.3 is 0 Å². The maximum Gasteiger partial charge on any atom is 0.258 e. The minimum absolute atomic E-state index is 0.129. The van der Waals surface area contributed by atoms with Crippen LogP contribution < -0.4 is 5.56 Å². The van der Waals surface area contributed by atoms with Crippen LogP contribution in [0.15, 0.2) is 53.3 Å². The lowest BCUT2D eigenvalue weighted by Crippen LogP contribution is -2.21. The first-order valence-electron chi connectivity index (χ1n) is 7.03. The summed E-state index contributed by atoms with van der Waals surface area (Å²) in [7, 11) is 1.93. The molecule has 3 rings (SSSR count). The third kappa shape index (κ3) is 3.20. The number of rotatable bonds is 4. The van der Waals surface area contributed by atoms with Crippen LogP contribution in [-0.4, -0.2) is 21.9 Å². The van der Waals surface area contributed by atoms with Gasteiger partial charge in [-0.1, -0.05) is 24.3 Å². The highest BCUT2D eigenvalue weighted by molar-refractivity contribution is 5.77. The molecule has 0 saturated carbocycles. The molecule has 1 heterocycles. The lowest BCUT2D eigenvalue weighted by Gasteiger charge is -2.16. The molecule has 0 aliphatic rings. The Morgan fingerprint density at radius 1 is 1.09 bits per heavy atom. The van der Waals surface area contributed by atoms with Crippen molar-refractivity contribution < 1.29 is 4.39 Å². The fourth-order valence-corrected chi connectivity index (χ4v) is 2.42. The van der Waals surface area contributed by atoms with Gasteiger partial charge in [0, 0.05) is 6.54 Å². The molecule has 4 nitrogen and oxygen atoms in total. The molecule has 0 atom stereocenters. The number of halogens is 1. The number of H-pyrrole nitrogens is 1. The van der Waals surface area contributed by atoms with Gasteiger partial charge in [0.2, 0.25) is 0 Å². The molecular formula is C17H16FN3O. The van der Waals surface area contributed by atoms with E-state index in [9.17, 15) is 9.18 Å². The Bertz CT molecular complexity index is 842. The van der Waals surface area contributed by atoms with Gasteiger partial charge in [0.05, 0.1) is 17.4 Å². The molecule has 0 aliphatic carbocycles. The first kappa shape index (κ1) is 14.4. The second kappa shape index (κ2) is 6.07. The number of nitrogens with one attached hydrogen (secondary N) is 1. The van der Waals surface area contributed by atoms with Crippen molar-refractivity contribution >= 4 is 10.9 Å². The van der Waals surface area contributed by atoms with E-state index < -0.39 is 0 Å². The van der Waals surface area contributed by atoms with Crippen LogP contribution in [0.2, 0.25) is 0 Å². The maximum absolute atomic E-state index is 12.9. The summed E-state index contributed by atoms with van der Waals surface area (Å²) < 4.78 is 12.9. The van der Waals surface area contributed by atoms with Crippen LogP contribution in [0, 0.1) is 5.82 Å². The molecule has 0 bridgehead atoms. The highest BCUT2D eigenvalue weighted by Crippen LogP contribution is 2.09. The number of aromatic nitrogens is 2. The smallest absolute Gasteiger partial charge is 0.258 e. The van der Waals surface area contributed by atoms with Crippen molar-refractivity contribution in [3.63, 3.8) is 0 Å². The lowest BCUT2D eigenvalue weighted by atomic mass is 10.2. The van der Waals surface area contributed by atoms with Gasteiger partial charge in [0.1, 0.15) is 11.6 Å². The molecule has 1 aromatic heterocycles. The van der Waals surface area contributed by atoms with Crippen molar-refractivity contribution in [2.24, 2.45) is 0 Å². The standard InChI is InChI=1S/C17H16FN3O/c1-21(10-12-6-8-13(18)9-7-12)11-16-19-15-5-3-2-4-14(15)17(22)20-16/h2-9H,10-11H2,1H3,(H,19,20,22). The van der Waals surface area contributed by atoms with Crippen LogP contribution >= 0.6 is 0 Å². The van der Waals surface area contributed by atoms with E-state index in [2.05, 4.69) is 9.97 Å². The van der Waals surface area contributed by atoms with Gasteiger partial charge < -0.3 is 4.98 Å². The zero-order valence-electron chi connectivity index (χ0n) is 12.2. The molecule has 2 aromatic carbocycles. The quantitative estimate of drug-likeness (QED) is 0.805. The first-order chi connectivity index (χ1) is 10.6. The van der Waals surface area contributed by atoms with Crippen molar-refractivity contribution in [3.8, 4) is 0 Å². The van der Waals surface area contributed by atoms with Gasteiger partial charge in [-0.2, -0.15) is 0 Å². The molecule has 112 valence electrons. The Kier molecular flexibility index (Phi) is 3.98. The van der Waals surface area contributed by atoms with E-state index >= 15 is 0 Å². The Hall–Kier alpha value is -2.53. The molecule has 0 saturated heterocycles. The molecule has 0 unspecified atom stereocenters. The highest BCUT2D eigenvalue weighted by atomic mass is 19.1. The Balaban J connectivity index is 1.77. The van der Waals surface area contributed by atoms with Crippen molar-refractivity contribution in [1.82, 2.24) is 14.9 Å². The van der Waals surface area contributed by atoms with E-state index in [1.807, 2.05) is 30.1 Å². The largest absolute Gasteiger partial charge is 0.309 e. The summed E-state index contributed by atoms with van der Waals surface area (Å²) in [5, 5.41) is 0.590. The Morgan fingerprint density at radius 2 is 1.82 bits per heavy atom. The average Bonchev–Trinajstić information content (AvgIpc) is 2.49. The Morgan fingerprint density at radius 3 is 2.59 bits per heavy atom. The molecule has 0 amide bonds. The number of hydrogen-bond acceptors (Lipinski definition) is 3. The second-order valence-electron chi connectivity index (χ2n) is 5.33. The fraction of sp³-hybridized carbons (Fsp3) is 0.176. The molecule has 0 fully saturated rings. The molecule has 0 spiro atoms. The van der Waals surface area contributed by atoms with Crippen LogP contribution in [-0.2, 0) is 13.1 Å². The zero-order valence-corrected chi connectivity index (χ0v) is 12.2. The average molecular weight is 297 g/mol. The van der Waals surface area contributed by atoms with Crippen LogP contribution in [0.25, 0.3) is 10.9 Å². The molecule has 0 radical (unpaired) electrons. The molecular weight excluding hydrogens is 281 g/mol. The van der Waals surface area contributed by atoms with E-state index in [0.29, 0.717) is 29.8 Å². The molecule has 5 heteroatoms. The number of hydrogen-bond donors (Lipinski definition) is 1. The number of nitrogens with zero attached hydrogens (tertiary/aromatic N) is 2.